The summed E-state index contributed by atoms with van der Waals surface area (Å²) in [5.74, 6) is 1.94. The van der Waals surface area contributed by atoms with Crippen molar-refractivity contribution in [3.05, 3.63) is 135 Å². The van der Waals surface area contributed by atoms with Gasteiger partial charge in [-0.15, -0.1) is 0 Å². The van der Waals surface area contributed by atoms with E-state index in [1.165, 1.54) is 52.0 Å². The minimum atomic E-state index is 0.0810. The van der Waals surface area contributed by atoms with Crippen LogP contribution in [0.5, 0.6) is 0 Å². The summed E-state index contributed by atoms with van der Waals surface area (Å²) in [4.78, 5) is 5.18. The summed E-state index contributed by atoms with van der Waals surface area (Å²) in [6.07, 6.45) is 4.63. The van der Waals surface area contributed by atoms with Gasteiger partial charge in [-0.25, -0.2) is 4.98 Å². The predicted molar refractivity (Wildman–Crippen MR) is 148 cm³/mol. The maximum absolute atomic E-state index is 6.25. The zero-order chi connectivity index (χ0) is 24.2. The summed E-state index contributed by atoms with van der Waals surface area (Å²) in [5, 5.41) is 1.49. The number of nitrogens with zero attached hydrogens (tertiary/aromatic N) is 2. The van der Waals surface area contributed by atoms with E-state index in [1.807, 2.05) is 24.3 Å². The molecule has 2 aliphatic carbocycles. The lowest BCUT2D eigenvalue weighted by atomic mass is 9.85. The molecule has 2 aliphatic rings. The van der Waals surface area contributed by atoms with Crippen LogP contribution in [0.25, 0.3) is 11.0 Å². The number of hydrogen-bond acceptors (Lipinski definition) is 1. The highest BCUT2D eigenvalue weighted by Gasteiger charge is 2.34. The molecule has 36 heavy (non-hydrogen) atoms. The normalized spacial score (nSPS) is 15.6. The molecule has 0 bridgehead atoms. The Bertz CT molecular complexity index is 1490. The van der Waals surface area contributed by atoms with Gasteiger partial charge >= 0.3 is 0 Å². The molecule has 1 saturated carbocycles. The molecule has 0 spiro atoms. The van der Waals surface area contributed by atoms with E-state index in [4.69, 9.17) is 28.2 Å². The monoisotopic (exact) mass is 508 g/mol. The van der Waals surface area contributed by atoms with Gasteiger partial charge in [0, 0.05) is 27.9 Å². The molecule has 0 N–H and O–H groups in total. The Morgan fingerprint density at radius 1 is 0.694 bits per heavy atom. The lowest BCUT2D eigenvalue weighted by Crippen LogP contribution is -2.12. The van der Waals surface area contributed by atoms with Crippen LogP contribution in [0.1, 0.15) is 64.4 Å². The molecular weight excluding hydrogens is 483 g/mol. The number of halogens is 2. The second-order valence-corrected chi connectivity index (χ2v) is 11.1. The zero-order valence-corrected chi connectivity index (χ0v) is 21.4. The molecule has 0 atom stereocenters. The van der Waals surface area contributed by atoms with Crippen LogP contribution in [0.2, 0.25) is 10.0 Å². The van der Waals surface area contributed by atoms with E-state index in [0.717, 1.165) is 28.4 Å². The standard InChI is InChI=1S/C32H26Cl2N2/c33-26-12-7-20(8-13-26)31(21-9-14-27(34)15-10-21)25-11-16-29-30(19-25)36(32(35-29)22-5-6-22)28-17-23-3-1-2-4-24(23)18-28/h1-4,7-16,19,22,28,31H,5-6,17-18H2. The molecular formula is C32H26Cl2N2. The van der Waals surface area contributed by atoms with E-state index < -0.39 is 0 Å². The van der Waals surface area contributed by atoms with Crippen LogP contribution >= 0.6 is 23.2 Å². The molecule has 2 nitrogen and oxygen atoms in total. The third-order valence-corrected chi connectivity index (χ3v) is 8.32. The summed E-state index contributed by atoms with van der Waals surface area (Å²) >= 11 is 12.5. The summed E-state index contributed by atoms with van der Waals surface area (Å²) in [6, 6.07) is 32.6. The topological polar surface area (TPSA) is 17.8 Å². The quantitative estimate of drug-likeness (QED) is 0.217. The van der Waals surface area contributed by atoms with E-state index in [2.05, 4.69) is 71.3 Å². The molecule has 4 heteroatoms. The van der Waals surface area contributed by atoms with Gasteiger partial charge in [-0.2, -0.15) is 0 Å². The van der Waals surface area contributed by atoms with Crippen LogP contribution in [0.4, 0.5) is 0 Å². The minimum absolute atomic E-state index is 0.0810. The highest BCUT2D eigenvalue weighted by Crippen LogP contribution is 2.44. The van der Waals surface area contributed by atoms with Gasteiger partial charge in [0.25, 0.3) is 0 Å². The van der Waals surface area contributed by atoms with Crippen LogP contribution < -0.4 is 0 Å². The summed E-state index contributed by atoms with van der Waals surface area (Å²) in [6.45, 7) is 0. The molecule has 178 valence electrons. The number of fused-ring (bicyclic) bond motifs is 2. The number of hydrogen-bond donors (Lipinski definition) is 0. The van der Waals surface area contributed by atoms with Crippen molar-refractivity contribution in [2.45, 2.75) is 43.6 Å². The van der Waals surface area contributed by atoms with Gasteiger partial charge in [0.2, 0.25) is 0 Å². The van der Waals surface area contributed by atoms with Crippen molar-refractivity contribution in [2.75, 3.05) is 0 Å². The first-order chi connectivity index (χ1) is 17.6. The Labute approximate surface area is 221 Å². The molecule has 0 amide bonds. The van der Waals surface area contributed by atoms with Crippen LogP contribution in [-0.4, -0.2) is 9.55 Å². The molecule has 0 aliphatic heterocycles. The molecule has 1 fully saturated rings. The highest BCUT2D eigenvalue weighted by molar-refractivity contribution is 6.30. The van der Waals surface area contributed by atoms with Crippen molar-refractivity contribution < 1.29 is 0 Å². The lowest BCUT2D eigenvalue weighted by molar-refractivity contribution is 0.521. The number of benzene rings is 4. The SMILES string of the molecule is Clc1ccc(C(c2ccc(Cl)cc2)c2ccc3nc(C4CC4)n(C4Cc5ccccc5C4)c3c2)cc1. The summed E-state index contributed by atoms with van der Waals surface area (Å²) in [7, 11) is 0. The Hall–Kier alpha value is -3.07. The van der Waals surface area contributed by atoms with Gasteiger partial charge in [-0.05, 0) is 89.9 Å². The van der Waals surface area contributed by atoms with E-state index in [9.17, 15) is 0 Å². The fourth-order valence-electron chi connectivity index (χ4n) is 5.93. The lowest BCUT2D eigenvalue weighted by Gasteiger charge is -2.21. The van der Waals surface area contributed by atoms with Gasteiger partial charge in [-0.3, -0.25) is 0 Å². The molecule has 4 aromatic carbocycles. The Morgan fingerprint density at radius 2 is 1.25 bits per heavy atom. The molecule has 1 heterocycles. The van der Waals surface area contributed by atoms with Crippen LogP contribution in [0.15, 0.2) is 91.0 Å². The number of aromatic nitrogens is 2. The van der Waals surface area contributed by atoms with Crippen molar-refractivity contribution in [1.82, 2.24) is 9.55 Å². The van der Waals surface area contributed by atoms with Crippen molar-refractivity contribution >= 4 is 34.2 Å². The second kappa shape index (κ2) is 8.80. The Balaban J connectivity index is 1.38. The molecule has 1 aromatic heterocycles. The molecule has 0 unspecified atom stereocenters. The van der Waals surface area contributed by atoms with Crippen molar-refractivity contribution in [2.24, 2.45) is 0 Å². The third kappa shape index (κ3) is 3.93. The van der Waals surface area contributed by atoms with Crippen LogP contribution in [-0.2, 0) is 12.8 Å². The minimum Gasteiger partial charge on any atom is -0.324 e. The van der Waals surface area contributed by atoms with Crippen LogP contribution in [0.3, 0.4) is 0 Å². The maximum atomic E-state index is 6.25. The van der Waals surface area contributed by atoms with Gasteiger partial charge in [0.1, 0.15) is 5.82 Å². The smallest absolute Gasteiger partial charge is 0.113 e. The second-order valence-electron chi connectivity index (χ2n) is 10.2. The van der Waals surface area contributed by atoms with E-state index in [0.29, 0.717) is 12.0 Å². The summed E-state index contributed by atoms with van der Waals surface area (Å²) in [5.41, 5.74) is 8.98. The van der Waals surface area contributed by atoms with Crippen molar-refractivity contribution in [3.8, 4) is 0 Å². The molecule has 0 radical (unpaired) electrons. The van der Waals surface area contributed by atoms with E-state index in [-0.39, 0.29) is 5.92 Å². The Kier molecular flexibility index (Phi) is 5.41. The Morgan fingerprint density at radius 3 is 1.81 bits per heavy atom. The largest absolute Gasteiger partial charge is 0.324 e. The highest BCUT2D eigenvalue weighted by atomic mass is 35.5. The van der Waals surface area contributed by atoms with Gasteiger partial charge in [0.05, 0.1) is 11.0 Å². The van der Waals surface area contributed by atoms with Gasteiger partial charge in [-0.1, -0.05) is 77.8 Å². The first kappa shape index (κ1) is 22.2. The number of rotatable bonds is 5. The first-order valence-electron chi connectivity index (χ1n) is 12.7. The van der Waals surface area contributed by atoms with Crippen molar-refractivity contribution in [3.63, 3.8) is 0 Å². The first-order valence-corrected chi connectivity index (χ1v) is 13.5. The fraction of sp³-hybridized carbons (Fsp3) is 0.219. The van der Waals surface area contributed by atoms with E-state index >= 15 is 0 Å². The zero-order valence-electron chi connectivity index (χ0n) is 19.9. The fourth-order valence-corrected chi connectivity index (χ4v) is 6.18. The molecule has 0 saturated heterocycles. The number of imidazole rings is 1. The summed E-state index contributed by atoms with van der Waals surface area (Å²) < 4.78 is 2.58. The maximum Gasteiger partial charge on any atom is 0.113 e. The van der Waals surface area contributed by atoms with E-state index in [1.54, 1.807) is 0 Å². The van der Waals surface area contributed by atoms with Crippen molar-refractivity contribution in [1.29, 1.82) is 0 Å². The van der Waals surface area contributed by atoms with Gasteiger partial charge < -0.3 is 4.57 Å². The average Bonchev–Trinajstić information content (AvgIpc) is 3.54. The predicted octanol–water partition coefficient (Wildman–Crippen LogP) is 8.74. The average molecular weight is 509 g/mol. The molecule has 7 rings (SSSR count). The van der Waals surface area contributed by atoms with Gasteiger partial charge in [0.15, 0.2) is 0 Å². The molecule has 5 aromatic rings. The third-order valence-electron chi connectivity index (χ3n) is 7.82. The van der Waals surface area contributed by atoms with Crippen LogP contribution in [0, 0.1) is 0 Å².